The number of ether oxygens (including phenoxy) is 1. The molecule has 1 aliphatic rings. The summed E-state index contributed by atoms with van der Waals surface area (Å²) < 4.78 is 5.34. The molecule has 0 spiro atoms. The van der Waals surface area contributed by atoms with Gasteiger partial charge in [-0.3, -0.25) is 0 Å². The second kappa shape index (κ2) is 5.22. The highest BCUT2D eigenvalue weighted by molar-refractivity contribution is 5.72. The summed E-state index contributed by atoms with van der Waals surface area (Å²) in [5.41, 5.74) is 0. The van der Waals surface area contributed by atoms with Gasteiger partial charge < -0.3 is 9.84 Å². The number of hydrogen-bond donors (Lipinski definition) is 1. The zero-order valence-corrected chi connectivity index (χ0v) is 8.16. The van der Waals surface area contributed by atoms with Crippen LogP contribution in [0.5, 0.6) is 0 Å². The topological polar surface area (TPSA) is 46.5 Å². The van der Waals surface area contributed by atoms with Crippen molar-refractivity contribution in [2.75, 3.05) is 6.61 Å². The summed E-state index contributed by atoms with van der Waals surface area (Å²) >= 11 is 0. The van der Waals surface area contributed by atoms with Crippen LogP contribution in [-0.4, -0.2) is 23.8 Å². The van der Waals surface area contributed by atoms with E-state index in [0.29, 0.717) is 6.61 Å². The number of hydrogen-bond acceptors (Lipinski definition) is 2. The molecule has 0 aromatic rings. The van der Waals surface area contributed by atoms with Gasteiger partial charge in [0.05, 0.1) is 0 Å². The van der Waals surface area contributed by atoms with Crippen LogP contribution in [0.2, 0.25) is 0 Å². The van der Waals surface area contributed by atoms with Crippen LogP contribution in [0, 0.1) is 5.92 Å². The van der Waals surface area contributed by atoms with E-state index < -0.39 is 12.1 Å². The predicted molar refractivity (Wildman–Crippen MR) is 49.6 cm³/mol. The van der Waals surface area contributed by atoms with Crippen LogP contribution in [0.3, 0.4) is 0 Å². The molecule has 3 nitrogen and oxygen atoms in total. The van der Waals surface area contributed by atoms with Gasteiger partial charge >= 0.3 is 5.97 Å². The van der Waals surface area contributed by atoms with E-state index >= 15 is 0 Å². The Labute approximate surface area is 79.1 Å². The Morgan fingerprint density at radius 3 is 2.62 bits per heavy atom. The molecule has 3 heteroatoms. The number of carboxylic acids is 1. The number of carbonyl (C=O) groups is 1. The van der Waals surface area contributed by atoms with Crippen molar-refractivity contribution in [3.8, 4) is 0 Å². The molecule has 0 saturated heterocycles. The van der Waals surface area contributed by atoms with E-state index in [1.807, 2.05) is 6.92 Å². The third-order valence-corrected chi connectivity index (χ3v) is 2.57. The van der Waals surface area contributed by atoms with Crippen molar-refractivity contribution in [1.82, 2.24) is 0 Å². The predicted octanol–water partition coefficient (Wildman–Crippen LogP) is 2.06. The maximum absolute atomic E-state index is 10.9. The summed E-state index contributed by atoms with van der Waals surface area (Å²) in [6, 6.07) is 0. The second-order valence-electron chi connectivity index (χ2n) is 3.67. The molecular weight excluding hydrogens is 168 g/mol. The minimum atomic E-state index is -0.791. The molecule has 1 rings (SSSR count). The Balaban J connectivity index is 2.40. The molecule has 1 saturated carbocycles. The summed E-state index contributed by atoms with van der Waals surface area (Å²) in [6.07, 6.45) is 4.67. The smallest absolute Gasteiger partial charge is 0.333 e. The second-order valence-corrected chi connectivity index (χ2v) is 3.67. The third-order valence-electron chi connectivity index (χ3n) is 2.57. The van der Waals surface area contributed by atoms with E-state index in [0.717, 1.165) is 32.1 Å². The van der Waals surface area contributed by atoms with Crippen LogP contribution in [0.4, 0.5) is 0 Å². The van der Waals surface area contributed by atoms with E-state index in [9.17, 15) is 4.79 Å². The lowest BCUT2D eigenvalue weighted by molar-refractivity contribution is -0.154. The Kier molecular flexibility index (Phi) is 4.22. The van der Waals surface area contributed by atoms with Gasteiger partial charge in [-0.05, 0) is 25.2 Å². The fourth-order valence-corrected chi connectivity index (χ4v) is 1.91. The van der Waals surface area contributed by atoms with Crippen molar-refractivity contribution in [2.45, 2.75) is 45.1 Å². The maximum atomic E-state index is 10.9. The monoisotopic (exact) mass is 186 g/mol. The van der Waals surface area contributed by atoms with E-state index in [4.69, 9.17) is 9.84 Å². The molecule has 1 aliphatic carbocycles. The van der Waals surface area contributed by atoms with Crippen LogP contribution in [0.25, 0.3) is 0 Å². The average molecular weight is 186 g/mol. The van der Waals surface area contributed by atoms with Gasteiger partial charge in [-0.2, -0.15) is 0 Å². The first kappa shape index (κ1) is 10.5. The van der Waals surface area contributed by atoms with Crippen LogP contribution in [0.15, 0.2) is 0 Å². The molecule has 1 fully saturated rings. The molecule has 0 aromatic carbocycles. The average Bonchev–Trinajstić information content (AvgIpc) is 2.57. The SMILES string of the molecule is CCCOC(C(=O)O)C1CCCC1. The van der Waals surface area contributed by atoms with Gasteiger partial charge in [0.25, 0.3) is 0 Å². The van der Waals surface area contributed by atoms with Gasteiger partial charge in [-0.1, -0.05) is 19.8 Å². The Hall–Kier alpha value is -0.570. The lowest BCUT2D eigenvalue weighted by Crippen LogP contribution is -2.31. The first-order valence-corrected chi connectivity index (χ1v) is 5.10. The molecule has 1 unspecified atom stereocenters. The van der Waals surface area contributed by atoms with Crippen LogP contribution in [0.1, 0.15) is 39.0 Å². The first-order valence-electron chi connectivity index (χ1n) is 5.10. The molecule has 0 amide bonds. The van der Waals surface area contributed by atoms with Crippen molar-refractivity contribution >= 4 is 5.97 Å². The molecule has 13 heavy (non-hydrogen) atoms. The Bertz CT molecular complexity index is 162. The van der Waals surface area contributed by atoms with Gasteiger partial charge in [-0.25, -0.2) is 4.79 Å². The molecule has 1 N–H and O–H groups in total. The van der Waals surface area contributed by atoms with Crippen molar-refractivity contribution in [3.63, 3.8) is 0 Å². The molecule has 1 atom stereocenters. The lowest BCUT2D eigenvalue weighted by Gasteiger charge is -2.19. The minimum Gasteiger partial charge on any atom is -0.479 e. The normalized spacial score (nSPS) is 20.4. The quantitative estimate of drug-likeness (QED) is 0.714. The lowest BCUT2D eigenvalue weighted by atomic mass is 10.0. The van der Waals surface area contributed by atoms with E-state index in [2.05, 4.69) is 0 Å². The van der Waals surface area contributed by atoms with Crippen molar-refractivity contribution in [2.24, 2.45) is 5.92 Å². The molecule has 76 valence electrons. The number of rotatable bonds is 5. The Morgan fingerprint density at radius 1 is 1.54 bits per heavy atom. The highest BCUT2D eigenvalue weighted by Gasteiger charge is 2.30. The zero-order chi connectivity index (χ0) is 9.68. The molecular formula is C10H18O3. The van der Waals surface area contributed by atoms with E-state index in [1.165, 1.54) is 0 Å². The van der Waals surface area contributed by atoms with Crippen molar-refractivity contribution in [3.05, 3.63) is 0 Å². The summed E-state index contributed by atoms with van der Waals surface area (Å²) in [5, 5.41) is 8.94. The maximum Gasteiger partial charge on any atom is 0.333 e. The van der Waals surface area contributed by atoms with Crippen LogP contribution < -0.4 is 0 Å². The minimum absolute atomic E-state index is 0.254. The van der Waals surface area contributed by atoms with Gasteiger partial charge in [-0.15, -0.1) is 0 Å². The van der Waals surface area contributed by atoms with Crippen molar-refractivity contribution < 1.29 is 14.6 Å². The highest BCUT2D eigenvalue weighted by Crippen LogP contribution is 2.29. The van der Waals surface area contributed by atoms with Crippen molar-refractivity contribution in [1.29, 1.82) is 0 Å². The third kappa shape index (κ3) is 2.99. The Morgan fingerprint density at radius 2 is 2.15 bits per heavy atom. The van der Waals surface area contributed by atoms with Gasteiger partial charge in [0.15, 0.2) is 6.10 Å². The largest absolute Gasteiger partial charge is 0.479 e. The summed E-state index contributed by atoms with van der Waals surface area (Å²) in [6.45, 7) is 2.56. The highest BCUT2D eigenvalue weighted by atomic mass is 16.5. The molecule has 0 aromatic heterocycles. The fraction of sp³-hybridized carbons (Fsp3) is 0.900. The molecule has 0 radical (unpaired) electrons. The standard InChI is InChI=1S/C10H18O3/c1-2-7-13-9(10(11)12)8-5-3-4-6-8/h8-9H,2-7H2,1H3,(H,11,12). The molecule has 0 heterocycles. The van der Waals surface area contributed by atoms with E-state index in [1.54, 1.807) is 0 Å². The van der Waals surface area contributed by atoms with Gasteiger partial charge in [0.2, 0.25) is 0 Å². The van der Waals surface area contributed by atoms with Gasteiger partial charge in [0, 0.05) is 6.61 Å². The summed E-state index contributed by atoms with van der Waals surface area (Å²) in [7, 11) is 0. The number of carboxylic acid groups (broad SMARTS) is 1. The molecule has 0 bridgehead atoms. The first-order chi connectivity index (χ1) is 6.25. The fourth-order valence-electron chi connectivity index (χ4n) is 1.91. The summed E-state index contributed by atoms with van der Waals surface area (Å²) in [4.78, 5) is 10.9. The van der Waals surface area contributed by atoms with Gasteiger partial charge in [0.1, 0.15) is 0 Å². The summed E-state index contributed by atoms with van der Waals surface area (Å²) in [5.74, 6) is -0.538. The zero-order valence-electron chi connectivity index (χ0n) is 8.16. The number of aliphatic carboxylic acids is 1. The van der Waals surface area contributed by atoms with E-state index in [-0.39, 0.29) is 5.92 Å². The van der Waals surface area contributed by atoms with Crippen LogP contribution in [-0.2, 0) is 9.53 Å². The van der Waals surface area contributed by atoms with Crippen LogP contribution >= 0.6 is 0 Å². The molecule has 0 aliphatic heterocycles.